The summed E-state index contributed by atoms with van der Waals surface area (Å²) in [6, 6.07) is -1.39. The summed E-state index contributed by atoms with van der Waals surface area (Å²) in [7, 11) is 0. The van der Waals surface area contributed by atoms with Crippen LogP contribution in [0.5, 0.6) is 0 Å². The zero-order chi connectivity index (χ0) is 26.3. The number of carbonyl (C=O) groups excluding carboxylic acids is 3. The molecule has 0 spiro atoms. The minimum absolute atomic E-state index is 0.111. The van der Waals surface area contributed by atoms with Crippen LogP contribution in [-0.2, 0) is 14.4 Å². The lowest BCUT2D eigenvalue weighted by Crippen LogP contribution is -2.53. The highest BCUT2D eigenvalue weighted by atomic mass is 16.2. The summed E-state index contributed by atoms with van der Waals surface area (Å²) in [5.41, 5.74) is 11.0. The molecule has 0 aliphatic rings. The van der Waals surface area contributed by atoms with E-state index in [0.29, 0.717) is 25.8 Å². The molecule has 7 heteroatoms. The third-order valence-electron chi connectivity index (χ3n) is 6.47. The Labute approximate surface area is 215 Å². The predicted molar refractivity (Wildman–Crippen MR) is 146 cm³/mol. The molecule has 0 radical (unpaired) electrons. The molecule has 0 heterocycles. The van der Waals surface area contributed by atoms with Gasteiger partial charge in [0.2, 0.25) is 17.7 Å². The number of rotatable bonds is 24. The Morgan fingerprint density at radius 1 is 0.686 bits per heavy atom. The van der Waals surface area contributed by atoms with E-state index in [0.717, 1.165) is 32.1 Å². The number of nitrogens with two attached hydrogens (primary N) is 2. The molecule has 0 aliphatic heterocycles. The fraction of sp³-hybridized carbons (Fsp3) is 0.893. The van der Waals surface area contributed by atoms with E-state index in [1.54, 1.807) is 0 Å². The van der Waals surface area contributed by atoms with Gasteiger partial charge in [-0.2, -0.15) is 0 Å². The first-order chi connectivity index (χ1) is 16.8. The number of carbonyl (C=O) groups is 3. The summed E-state index contributed by atoms with van der Waals surface area (Å²) in [6.45, 7) is 6.74. The predicted octanol–water partition coefficient (Wildman–Crippen LogP) is 5.10. The zero-order valence-electron chi connectivity index (χ0n) is 23.0. The molecule has 0 rings (SSSR count). The first-order valence-electron chi connectivity index (χ1n) is 14.4. The molecule has 0 aromatic carbocycles. The summed E-state index contributed by atoms with van der Waals surface area (Å²) in [4.78, 5) is 37.0. The molecule has 6 N–H and O–H groups in total. The number of nitrogens with one attached hydrogen (secondary N) is 2. The van der Waals surface area contributed by atoms with E-state index in [1.165, 1.54) is 64.2 Å². The number of amides is 3. The monoisotopic (exact) mass is 496 g/mol. The van der Waals surface area contributed by atoms with Gasteiger partial charge in [-0.15, -0.1) is 0 Å². The van der Waals surface area contributed by atoms with Crippen molar-refractivity contribution in [3.63, 3.8) is 0 Å². The smallest absolute Gasteiger partial charge is 0.243 e. The van der Waals surface area contributed by atoms with E-state index in [2.05, 4.69) is 17.6 Å². The van der Waals surface area contributed by atoms with Crippen LogP contribution < -0.4 is 22.1 Å². The highest BCUT2D eigenvalue weighted by Crippen LogP contribution is 2.13. The number of hydrogen-bond acceptors (Lipinski definition) is 4. The van der Waals surface area contributed by atoms with Crippen LogP contribution in [0.15, 0.2) is 0 Å². The third-order valence-corrected chi connectivity index (χ3v) is 6.47. The quantitative estimate of drug-likeness (QED) is 0.139. The van der Waals surface area contributed by atoms with Crippen molar-refractivity contribution in [2.45, 2.75) is 148 Å². The van der Waals surface area contributed by atoms with Crippen molar-refractivity contribution in [1.29, 1.82) is 0 Å². The average molecular weight is 497 g/mol. The first-order valence-corrected chi connectivity index (χ1v) is 14.4. The molecule has 0 unspecified atom stereocenters. The minimum atomic E-state index is -0.725. The second-order valence-electron chi connectivity index (χ2n) is 10.5. The molecule has 0 aliphatic carbocycles. The second kappa shape index (κ2) is 22.8. The molecular formula is C28H56N4O3. The highest BCUT2D eigenvalue weighted by molar-refractivity contribution is 5.91. The Bertz CT molecular complexity index is 554. The van der Waals surface area contributed by atoms with Crippen LogP contribution in [0.1, 0.15) is 136 Å². The van der Waals surface area contributed by atoms with Gasteiger partial charge in [-0.1, -0.05) is 97.8 Å². The lowest BCUT2D eigenvalue weighted by molar-refractivity contribution is -0.131. The van der Waals surface area contributed by atoms with Crippen LogP contribution in [0.25, 0.3) is 0 Å². The van der Waals surface area contributed by atoms with Gasteiger partial charge in [-0.3, -0.25) is 14.4 Å². The van der Waals surface area contributed by atoms with Gasteiger partial charge < -0.3 is 22.1 Å². The van der Waals surface area contributed by atoms with Gasteiger partial charge in [0.25, 0.3) is 0 Å². The highest BCUT2D eigenvalue weighted by Gasteiger charge is 2.25. The van der Waals surface area contributed by atoms with Crippen LogP contribution >= 0.6 is 0 Å². The van der Waals surface area contributed by atoms with Crippen LogP contribution in [-0.4, -0.2) is 36.3 Å². The minimum Gasteiger partial charge on any atom is -0.368 e. The Balaban J connectivity index is 4.18. The zero-order valence-corrected chi connectivity index (χ0v) is 23.0. The van der Waals surface area contributed by atoms with Crippen molar-refractivity contribution in [2.75, 3.05) is 6.54 Å². The molecule has 0 saturated carbocycles. The lowest BCUT2D eigenvalue weighted by Gasteiger charge is -2.23. The van der Waals surface area contributed by atoms with Gasteiger partial charge >= 0.3 is 0 Å². The fourth-order valence-corrected chi connectivity index (χ4v) is 4.32. The topological polar surface area (TPSA) is 127 Å². The van der Waals surface area contributed by atoms with Gasteiger partial charge in [0.1, 0.15) is 12.1 Å². The maximum Gasteiger partial charge on any atom is 0.243 e. The van der Waals surface area contributed by atoms with Crippen molar-refractivity contribution >= 4 is 17.7 Å². The second-order valence-corrected chi connectivity index (χ2v) is 10.5. The molecule has 0 aromatic rings. The van der Waals surface area contributed by atoms with Crippen LogP contribution in [0.3, 0.4) is 0 Å². The summed E-state index contributed by atoms with van der Waals surface area (Å²) in [6.07, 6.45) is 19.3. The summed E-state index contributed by atoms with van der Waals surface area (Å²) in [5, 5.41) is 5.61. The summed E-state index contributed by atoms with van der Waals surface area (Å²) < 4.78 is 0. The molecule has 0 fully saturated rings. The van der Waals surface area contributed by atoms with Crippen LogP contribution in [0.2, 0.25) is 0 Å². The van der Waals surface area contributed by atoms with Crippen molar-refractivity contribution in [1.82, 2.24) is 10.6 Å². The summed E-state index contributed by atoms with van der Waals surface area (Å²) in [5.74, 6) is -0.787. The maximum atomic E-state index is 12.8. The molecule has 2 atom stereocenters. The fourth-order valence-electron chi connectivity index (χ4n) is 4.32. The largest absolute Gasteiger partial charge is 0.368 e. The first kappa shape index (κ1) is 33.4. The molecule has 7 nitrogen and oxygen atoms in total. The molecule has 35 heavy (non-hydrogen) atoms. The standard InChI is InChI=1S/C28H56N4O3/c1-4-5-6-7-8-9-10-11-12-13-14-15-16-20-26(33)31-24(19-17-18-21-29)28(35)32-25(27(30)34)22-23(2)3/h23-25H,4-22,29H2,1-3H3,(H2,30,34)(H,31,33)(H,32,35)/t24-,25-/m0/s1. The van der Waals surface area contributed by atoms with Gasteiger partial charge in [-0.25, -0.2) is 0 Å². The maximum absolute atomic E-state index is 12.8. The van der Waals surface area contributed by atoms with Crippen molar-refractivity contribution < 1.29 is 14.4 Å². The number of unbranched alkanes of at least 4 members (excludes halogenated alkanes) is 13. The molecule has 206 valence electrons. The van der Waals surface area contributed by atoms with E-state index in [1.807, 2.05) is 13.8 Å². The lowest BCUT2D eigenvalue weighted by atomic mass is 10.0. The van der Waals surface area contributed by atoms with Gasteiger partial charge in [0.05, 0.1) is 0 Å². The SMILES string of the molecule is CCCCCCCCCCCCCCCC(=O)N[C@@H](CCCCN)C(=O)N[C@@H](CC(C)C)C(N)=O. The van der Waals surface area contributed by atoms with E-state index in [4.69, 9.17) is 11.5 Å². The van der Waals surface area contributed by atoms with Crippen molar-refractivity contribution in [3.05, 3.63) is 0 Å². The van der Waals surface area contributed by atoms with Gasteiger partial charge in [0, 0.05) is 6.42 Å². The molecule has 0 bridgehead atoms. The Morgan fingerprint density at radius 2 is 1.20 bits per heavy atom. The van der Waals surface area contributed by atoms with E-state index < -0.39 is 18.0 Å². The Kier molecular flexibility index (Phi) is 21.7. The Hall–Kier alpha value is -1.63. The normalized spacial score (nSPS) is 12.9. The van der Waals surface area contributed by atoms with Crippen LogP contribution in [0.4, 0.5) is 0 Å². The van der Waals surface area contributed by atoms with E-state index in [9.17, 15) is 14.4 Å². The van der Waals surface area contributed by atoms with Gasteiger partial charge in [-0.05, 0) is 44.6 Å². The summed E-state index contributed by atoms with van der Waals surface area (Å²) >= 11 is 0. The average Bonchev–Trinajstić information content (AvgIpc) is 2.80. The van der Waals surface area contributed by atoms with Gasteiger partial charge in [0.15, 0.2) is 0 Å². The third kappa shape index (κ3) is 20.3. The van der Waals surface area contributed by atoms with Crippen molar-refractivity contribution in [3.8, 4) is 0 Å². The number of primary amides is 1. The Morgan fingerprint density at radius 3 is 1.66 bits per heavy atom. The molecular weight excluding hydrogens is 440 g/mol. The molecule has 0 aromatic heterocycles. The van der Waals surface area contributed by atoms with Crippen molar-refractivity contribution in [2.24, 2.45) is 17.4 Å². The van der Waals surface area contributed by atoms with Crippen LogP contribution in [0, 0.1) is 5.92 Å². The molecule has 0 saturated heterocycles. The molecule has 3 amide bonds. The number of hydrogen-bond donors (Lipinski definition) is 4. The van der Waals surface area contributed by atoms with E-state index >= 15 is 0 Å². The van der Waals surface area contributed by atoms with E-state index in [-0.39, 0.29) is 17.7 Å².